The summed E-state index contributed by atoms with van der Waals surface area (Å²) in [5.74, 6) is 0. The van der Waals surface area contributed by atoms with Gasteiger partial charge in [-0.1, -0.05) is 6.08 Å². The molecule has 0 aliphatic heterocycles. The van der Waals surface area contributed by atoms with Crippen molar-refractivity contribution in [2.75, 3.05) is 6.54 Å². The van der Waals surface area contributed by atoms with Crippen LogP contribution in [-0.2, 0) is 0 Å². The van der Waals surface area contributed by atoms with Gasteiger partial charge in [-0.25, -0.2) is 0 Å². The lowest BCUT2D eigenvalue weighted by Crippen LogP contribution is -1.96. The molecule has 0 radical (unpaired) electrons. The highest BCUT2D eigenvalue weighted by atomic mass is 127. The van der Waals surface area contributed by atoms with Crippen LogP contribution < -0.4 is 3.53 Å². The molecular formula is C4H8IN. The van der Waals surface area contributed by atoms with E-state index in [4.69, 9.17) is 0 Å². The average molecular weight is 197 g/mol. The third-order valence-electron chi connectivity index (χ3n) is 0.443. The van der Waals surface area contributed by atoms with Gasteiger partial charge in [-0.3, -0.25) is 3.53 Å². The quantitative estimate of drug-likeness (QED) is 0.313. The van der Waals surface area contributed by atoms with Crippen LogP contribution in [0.5, 0.6) is 0 Å². The molecular weight excluding hydrogens is 189 g/mol. The lowest BCUT2D eigenvalue weighted by Gasteiger charge is -1.84. The molecule has 0 aliphatic carbocycles. The zero-order chi connectivity index (χ0) is 4.83. The van der Waals surface area contributed by atoms with Crippen LogP contribution in [0.25, 0.3) is 0 Å². The zero-order valence-corrected chi connectivity index (χ0v) is 5.73. The Balaban J connectivity index is 2.49. The molecule has 1 nitrogen and oxygen atoms in total. The van der Waals surface area contributed by atoms with Gasteiger partial charge in [-0.2, -0.15) is 0 Å². The highest BCUT2D eigenvalue weighted by Gasteiger charge is 1.70. The van der Waals surface area contributed by atoms with Crippen LogP contribution in [0.2, 0.25) is 0 Å². The molecule has 36 valence electrons. The van der Waals surface area contributed by atoms with Crippen LogP contribution in [0.15, 0.2) is 12.7 Å². The molecule has 0 heterocycles. The van der Waals surface area contributed by atoms with E-state index >= 15 is 0 Å². The van der Waals surface area contributed by atoms with Crippen LogP contribution in [0.4, 0.5) is 0 Å². The van der Waals surface area contributed by atoms with Crippen LogP contribution in [0, 0.1) is 0 Å². The normalized spacial score (nSPS) is 8.17. The maximum Gasteiger partial charge on any atom is 0.0169 e. The van der Waals surface area contributed by atoms with Gasteiger partial charge in [0.25, 0.3) is 0 Å². The van der Waals surface area contributed by atoms with Crippen molar-refractivity contribution in [3.05, 3.63) is 12.7 Å². The first-order chi connectivity index (χ1) is 2.91. The minimum absolute atomic E-state index is 1.03. The van der Waals surface area contributed by atoms with Gasteiger partial charge in [-0.05, 0) is 6.42 Å². The van der Waals surface area contributed by atoms with Crippen molar-refractivity contribution in [2.24, 2.45) is 0 Å². The van der Waals surface area contributed by atoms with Gasteiger partial charge in [0.1, 0.15) is 0 Å². The predicted molar refractivity (Wildman–Crippen MR) is 36.8 cm³/mol. The monoisotopic (exact) mass is 197 g/mol. The van der Waals surface area contributed by atoms with Crippen molar-refractivity contribution in [3.8, 4) is 0 Å². The van der Waals surface area contributed by atoms with Crippen LogP contribution in [-0.4, -0.2) is 6.54 Å². The summed E-state index contributed by atoms with van der Waals surface area (Å²) < 4.78 is 2.97. The SMILES string of the molecule is C=CCCNI. The van der Waals surface area contributed by atoms with E-state index in [9.17, 15) is 0 Å². The Morgan fingerprint density at radius 1 is 1.83 bits per heavy atom. The van der Waals surface area contributed by atoms with Crippen molar-refractivity contribution in [3.63, 3.8) is 0 Å². The number of hydrogen-bond acceptors (Lipinski definition) is 1. The first-order valence-electron chi connectivity index (χ1n) is 1.86. The van der Waals surface area contributed by atoms with Crippen molar-refractivity contribution in [1.29, 1.82) is 0 Å². The lowest BCUT2D eigenvalue weighted by atomic mass is 10.4. The summed E-state index contributed by atoms with van der Waals surface area (Å²) in [5.41, 5.74) is 0. The Bertz CT molecular complexity index is 36.5. The van der Waals surface area contributed by atoms with Gasteiger partial charge in [-0.15, -0.1) is 6.58 Å². The summed E-state index contributed by atoms with van der Waals surface area (Å²) in [6.45, 7) is 4.59. The molecule has 6 heavy (non-hydrogen) atoms. The van der Waals surface area contributed by atoms with E-state index in [0.717, 1.165) is 13.0 Å². The maximum atomic E-state index is 3.55. The molecule has 0 aromatic carbocycles. The minimum Gasteiger partial charge on any atom is -0.261 e. The van der Waals surface area contributed by atoms with Crippen LogP contribution in [0.3, 0.4) is 0 Å². The second kappa shape index (κ2) is 5.43. The van der Waals surface area contributed by atoms with Gasteiger partial charge in [0.2, 0.25) is 0 Å². The van der Waals surface area contributed by atoms with Crippen molar-refractivity contribution in [2.45, 2.75) is 6.42 Å². The van der Waals surface area contributed by atoms with Gasteiger partial charge in [0.15, 0.2) is 0 Å². The molecule has 0 atom stereocenters. The first-order valence-corrected chi connectivity index (χ1v) is 2.94. The molecule has 0 spiro atoms. The standard InChI is InChI=1S/C4H8IN/c1-2-3-4-6-5/h2,6H,1,3-4H2. The van der Waals surface area contributed by atoms with E-state index in [1.165, 1.54) is 0 Å². The number of hydrogen-bond donors (Lipinski definition) is 1. The summed E-state index contributed by atoms with van der Waals surface area (Å²) in [6, 6.07) is 0. The van der Waals surface area contributed by atoms with Gasteiger partial charge >= 0.3 is 0 Å². The van der Waals surface area contributed by atoms with E-state index in [1.54, 1.807) is 0 Å². The predicted octanol–water partition coefficient (Wildman–Crippen LogP) is 1.50. The fourth-order valence-electron chi connectivity index (χ4n) is 0.157. The second-order valence-corrected chi connectivity index (χ2v) is 1.72. The van der Waals surface area contributed by atoms with Crippen LogP contribution in [0.1, 0.15) is 6.42 Å². The molecule has 0 saturated carbocycles. The van der Waals surface area contributed by atoms with Crippen molar-refractivity contribution < 1.29 is 0 Å². The lowest BCUT2D eigenvalue weighted by molar-refractivity contribution is 0.968. The minimum atomic E-state index is 1.03. The Labute approximate surface area is 52.3 Å². The summed E-state index contributed by atoms with van der Waals surface area (Å²) in [5, 5.41) is 0. The maximum absolute atomic E-state index is 3.55. The molecule has 0 amide bonds. The first kappa shape index (κ1) is 6.43. The largest absolute Gasteiger partial charge is 0.261 e. The summed E-state index contributed by atoms with van der Waals surface area (Å²) >= 11 is 2.11. The highest BCUT2D eigenvalue weighted by molar-refractivity contribution is 14.1. The molecule has 0 unspecified atom stereocenters. The van der Waals surface area contributed by atoms with Crippen LogP contribution >= 0.6 is 22.9 Å². The molecule has 2 heteroatoms. The average Bonchev–Trinajstić information content (AvgIpc) is 1.61. The molecule has 0 fully saturated rings. The summed E-state index contributed by atoms with van der Waals surface area (Å²) in [6.07, 6.45) is 2.95. The molecule has 0 aliphatic rings. The topological polar surface area (TPSA) is 12.0 Å². The highest BCUT2D eigenvalue weighted by Crippen LogP contribution is 1.76. The van der Waals surface area contributed by atoms with Crippen molar-refractivity contribution in [1.82, 2.24) is 3.53 Å². The smallest absolute Gasteiger partial charge is 0.0169 e. The number of nitrogens with one attached hydrogen (secondary N) is 1. The Morgan fingerprint density at radius 3 is 2.67 bits per heavy atom. The Kier molecular flexibility index (Phi) is 5.82. The number of rotatable bonds is 3. The molecule has 0 saturated heterocycles. The zero-order valence-electron chi connectivity index (χ0n) is 3.58. The molecule has 0 rings (SSSR count). The molecule has 0 bridgehead atoms. The van der Waals surface area contributed by atoms with Gasteiger partial charge in [0, 0.05) is 29.4 Å². The molecule has 0 aromatic heterocycles. The fourth-order valence-corrected chi connectivity index (χ4v) is 0.468. The van der Waals surface area contributed by atoms with E-state index in [2.05, 4.69) is 33.0 Å². The third kappa shape index (κ3) is 4.43. The molecule has 1 N–H and O–H groups in total. The second-order valence-electron chi connectivity index (χ2n) is 0.961. The van der Waals surface area contributed by atoms with E-state index < -0.39 is 0 Å². The van der Waals surface area contributed by atoms with Gasteiger partial charge < -0.3 is 0 Å². The summed E-state index contributed by atoms with van der Waals surface area (Å²) in [7, 11) is 0. The Hall–Kier alpha value is 0.430. The molecule has 0 aromatic rings. The van der Waals surface area contributed by atoms with E-state index in [0.29, 0.717) is 0 Å². The van der Waals surface area contributed by atoms with Gasteiger partial charge in [0.05, 0.1) is 0 Å². The van der Waals surface area contributed by atoms with E-state index in [1.807, 2.05) is 6.08 Å². The summed E-state index contributed by atoms with van der Waals surface area (Å²) in [4.78, 5) is 0. The van der Waals surface area contributed by atoms with Crippen molar-refractivity contribution >= 4 is 22.9 Å². The number of halogens is 1. The third-order valence-corrected chi connectivity index (χ3v) is 0.982. The fraction of sp³-hybridized carbons (Fsp3) is 0.500. The van der Waals surface area contributed by atoms with E-state index in [-0.39, 0.29) is 0 Å². The Morgan fingerprint density at radius 2 is 2.50 bits per heavy atom.